The average Bonchev–Trinajstić information content (AvgIpc) is 2.77. The number of ether oxygens (including phenoxy) is 1. The number of pyridine rings is 1. The summed E-state index contributed by atoms with van der Waals surface area (Å²) in [4.78, 5) is 19.3. The molecule has 1 aromatic carbocycles. The molecule has 0 saturated carbocycles. The number of benzene rings is 1. The Kier molecular flexibility index (Phi) is 6.22. The zero-order valence-electron chi connectivity index (χ0n) is 17.7. The van der Waals surface area contributed by atoms with E-state index in [1.54, 1.807) is 18.3 Å². The lowest BCUT2D eigenvalue weighted by Crippen LogP contribution is -2.41. The Morgan fingerprint density at radius 3 is 3.03 bits per heavy atom. The van der Waals surface area contributed by atoms with Gasteiger partial charge in [-0.2, -0.15) is 4.40 Å². The molecule has 0 radical (unpaired) electrons. The molecule has 2 atom stereocenters. The Balaban J connectivity index is 1.42. The minimum absolute atomic E-state index is 0.0362. The van der Waals surface area contributed by atoms with Crippen molar-refractivity contribution in [3.63, 3.8) is 0 Å². The van der Waals surface area contributed by atoms with E-state index >= 15 is 0 Å². The second-order valence-corrected chi connectivity index (χ2v) is 9.09. The molecular formula is C22H27N5O3S. The molecule has 0 bridgehead atoms. The van der Waals surface area contributed by atoms with Crippen LogP contribution in [0.3, 0.4) is 0 Å². The van der Waals surface area contributed by atoms with Crippen LogP contribution in [0.2, 0.25) is 0 Å². The standard InChI is InChI=1S/C22H27N5O3S/c1-14(2)18-11-16(8-9-24-18)22(28)27-10-4-5-15(12-27)13-30-19-7-3-6-17-20(19)21(23)26-31(29)25-17/h3,6-9,11,14-15,25H,4-5,10,12-13H2,1-2H3,(H2,23,26). The Labute approximate surface area is 184 Å². The summed E-state index contributed by atoms with van der Waals surface area (Å²) in [6.07, 6.45) is 3.62. The maximum absolute atomic E-state index is 13.0. The van der Waals surface area contributed by atoms with Crippen LogP contribution in [0.15, 0.2) is 40.9 Å². The summed E-state index contributed by atoms with van der Waals surface area (Å²) >= 11 is -1.57. The van der Waals surface area contributed by atoms with Crippen molar-refractivity contribution in [3.8, 4) is 5.75 Å². The summed E-state index contributed by atoms with van der Waals surface area (Å²) in [5.74, 6) is 1.32. The number of amides is 1. The number of hydrogen-bond donors (Lipinski definition) is 2. The van der Waals surface area contributed by atoms with Crippen molar-refractivity contribution in [3.05, 3.63) is 53.3 Å². The Hall–Kier alpha value is -2.94. The number of piperidine rings is 1. The van der Waals surface area contributed by atoms with Gasteiger partial charge in [-0.05, 0) is 43.0 Å². The highest BCUT2D eigenvalue weighted by Gasteiger charge is 2.26. The molecule has 8 nitrogen and oxygen atoms in total. The SMILES string of the molecule is CC(C)c1cc(C(=O)N2CCCC(COc3cccc4c3C(N)=NS(=O)N4)C2)ccn1. The van der Waals surface area contributed by atoms with Crippen molar-refractivity contribution < 1.29 is 13.7 Å². The van der Waals surface area contributed by atoms with E-state index in [1.807, 2.05) is 23.1 Å². The lowest BCUT2D eigenvalue weighted by molar-refractivity contribution is 0.0633. The molecule has 4 rings (SSSR count). The second-order valence-electron chi connectivity index (χ2n) is 8.20. The Morgan fingerprint density at radius 1 is 1.39 bits per heavy atom. The topological polar surface area (TPSA) is 110 Å². The molecule has 3 N–H and O–H groups in total. The van der Waals surface area contributed by atoms with Gasteiger partial charge < -0.3 is 15.4 Å². The first-order valence-corrected chi connectivity index (χ1v) is 11.6. The van der Waals surface area contributed by atoms with E-state index in [-0.39, 0.29) is 23.6 Å². The maximum atomic E-state index is 13.0. The molecule has 3 heterocycles. The summed E-state index contributed by atoms with van der Waals surface area (Å²) in [7, 11) is 0. The molecule has 1 saturated heterocycles. The van der Waals surface area contributed by atoms with Crippen LogP contribution in [-0.4, -0.2) is 45.5 Å². The first-order chi connectivity index (χ1) is 14.9. The quantitative estimate of drug-likeness (QED) is 0.741. The number of fused-ring (bicyclic) bond motifs is 1. The number of amidine groups is 1. The predicted octanol–water partition coefficient (Wildman–Crippen LogP) is 2.85. The van der Waals surface area contributed by atoms with E-state index in [0.717, 1.165) is 25.1 Å². The molecule has 2 aromatic rings. The van der Waals surface area contributed by atoms with E-state index in [4.69, 9.17) is 10.5 Å². The van der Waals surface area contributed by atoms with Crippen LogP contribution in [0.25, 0.3) is 0 Å². The molecule has 0 aliphatic carbocycles. The van der Waals surface area contributed by atoms with Gasteiger partial charge in [0.1, 0.15) is 11.6 Å². The fourth-order valence-corrected chi connectivity index (χ4v) is 4.60. The average molecular weight is 442 g/mol. The lowest BCUT2D eigenvalue weighted by atomic mass is 9.98. The van der Waals surface area contributed by atoms with Gasteiger partial charge in [0, 0.05) is 36.5 Å². The normalized spacial score (nSPS) is 20.6. The van der Waals surface area contributed by atoms with Crippen molar-refractivity contribution in [1.82, 2.24) is 9.88 Å². The van der Waals surface area contributed by atoms with Crippen LogP contribution in [0, 0.1) is 5.92 Å². The molecule has 9 heteroatoms. The number of likely N-dealkylation sites (tertiary alicyclic amines) is 1. The summed E-state index contributed by atoms with van der Waals surface area (Å²) in [6, 6.07) is 9.12. The van der Waals surface area contributed by atoms with Crippen LogP contribution in [0.4, 0.5) is 5.69 Å². The van der Waals surface area contributed by atoms with E-state index in [9.17, 15) is 9.00 Å². The van der Waals surface area contributed by atoms with Crippen molar-refractivity contribution in [2.24, 2.45) is 16.0 Å². The largest absolute Gasteiger partial charge is 0.492 e. The van der Waals surface area contributed by atoms with E-state index in [2.05, 4.69) is 28.0 Å². The summed E-state index contributed by atoms with van der Waals surface area (Å²) < 4.78 is 24.4. The van der Waals surface area contributed by atoms with Gasteiger partial charge in [0.15, 0.2) is 0 Å². The van der Waals surface area contributed by atoms with E-state index in [0.29, 0.717) is 35.7 Å². The molecule has 0 spiro atoms. The van der Waals surface area contributed by atoms with Crippen LogP contribution in [0.5, 0.6) is 5.75 Å². The molecule has 1 fully saturated rings. The summed E-state index contributed by atoms with van der Waals surface area (Å²) in [5, 5.41) is 0. The zero-order chi connectivity index (χ0) is 22.0. The number of hydrogen-bond acceptors (Lipinski definition) is 5. The molecule has 2 aliphatic rings. The van der Waals surface area contributed by atoms with Gasteiger partial charge in [0.2, 0.25) is 11.2 Å². The van der Waals surface area contributed by atoms with Gasteiger partial charge in [0.05, 0.1) is 17.9 Å². The van der Waals surface area contributed by atoms with E-state index < -0.39 is 11.2 Å². The van der Waals surface area contributed by atoms with Crippen LogP contribution in [0.1, 0.15) is 54.2 Å². The van der Waals surface area contributed by atoms with Gasteiger partial charge >= 0.3 is 0 Å². The number of rotatable bonds is 5. The van der Waals surface area contributed by atoms with Crippen molar-refractivity contribution in [1.29, 1.82) is 0 Å². The van der Waals surface area contributed by atoms with Crippen molar-refractivity contribution in [2.45, 2.75) is 32.6 Å². The Bertz CT molecular complexity index is 1040. The monoisotopic (exact) mass is 441 g/mol. The zero-order valence-corrected chi connectivity index (χ0v) is 18.5. The third-order valence-corrected chi connectivity index (χ3v) is 6.32. The fourth-order valence-electron chi connectivity index (χ4n) is 3.93. The number of nitrogens with one attached hydrogen (secondary N) is 1. The van der Waals surface area contributed by atoms with Crippen molar-refractivity contribution in [2.75, 3.05) is 24.4 Å². The molecule has 31 heavy (non-hydrogen) atoms. The highest BCUT2D eigenvalue weighted by Crippen LogP contribution is 2.30. The minimum atomic E-state index is -1.57. The van der Waals surface area contributed by atoms with Gasteiger partial charge in [0.25, 0.3) is 5.91 Å². The molecule has 164 valence electrons. The molecular weight excluding hydrogens is 414 g/mol. The molecule has 1 amide bonds. The molecule has 2 unspecified atom stereocenters. The van der Waals surface area contributed by atoms with Gasteiger partial charge in [-0.25, -0.2) is 4.21 Å². The number of anilines is 1. The number of carbonyl (C=O) groups excluding carboxylic acids is 1. The van der Waals surface area contributed by atoms with Gasteiger partial charge in [-0.15, -0.1) is 0 Å². The first-order valence-electron chi connectivity index (χ1n) is 10.5. The molecule has 2 aliphatic heterocycles. The smallest absolute Gasteiger partial charge is 0.253 e. The van der Waals surface area contributed by atoms with Gasteiger partial charge in [-0.3, -0.25) is 14.5 Å². The Morgan fingerprint density at radius 2 is 2.23 bits per heavy atom. The maximum Gasteiger partial charge on any atom is 0.253 e. The number of nitrogens with zero attached hydrogens (tertiary/aromatic N) is 3. The highest BCUT2D eigenvalue weighted by atomic mass is 32.2. The van der Waals surface area contributed by atoms with Crippen LogP contribution < -0.4 is 15.2 Å². The third kappa shape index (κ3) is 4.71. The summed E-state index contributed by atoms with van der Waals surface area (Å²) in [6.45, 7) is 5.98. The number of nitrogens with two attached hydrogens (primary N) is 1. The van der Waals surface area contributed by atoms with Crippen LogP contribution >= 0.6 is 0 Å². The molecule has 1 aromatic heterocycles. The minimum Gasteiger partial charge on any atom is -0.492 e. The highest BCUT2D eigenvalue weighted by molar-refractivity contribution is 7.85. The lowest BCUT2D eigenvalue weighted by Gasteiger charge is -2.33. The fraction of sp³-hybridized carbons (Fsp3) is 0.409. The van der Waals surface area contributed by atoms with E-state index in [1.165, 1.54) is 0 Å². The predicted molar refractivity (Wildman–Crippen MR) is 121 cm³/mol. The second kappa shape index (κ2) is 9.05. The van der Waals surface area contributed by atoms with Gasteiger partial charge in [-0.1, -0.05) is 19.9 Å². The third-order valence-electron chi connectivity index (χ3n) is 5.56. The number of carbonyl (C=O) groups is 1. The van der Waals surface area contributed by atoms with Crippen molar-refractivity contribution >= 4 is 28.6 Å². The van der Waals surface area contributed by atoms with Crippen LogP contribution in [-0.2, 0) is 11.2 Å². The number of aromatic nitrogens is 1. The summed E-state index contributed by atoms with van der Waals surface area (Å²) in [5.41, 5.74) is 8.86. The first kappa shape index (κ1) is 21.3.